The summed E-state index contributed by atoms with van der Waals surface area (Å²) in [6.07, 6.45) is 0. The third kappa shape index (κ3) is 3.78. The molecule has 122 valence electrons. The fourth-order valence-corrected chi connectivity index (χ4v) is 2.07. The average Bonchev–Trinajstić information content (AvgIpc) is 2.54. The molecule has 2 aromatic rings. The lowest BCUT2D eigenvalue weighted by atomic mass is 10.3. The lowest BCUT2D eigenvalue weighted by molar-refractivity contribution is 0.0595. The number of halogens is 1. The van der Waals surface area contributed by atoms with Gasteiger partial charge in [0.05, 0.1) is 14.2 Å². The summed E-state index contributed by atoms with van der Waals surface area (Å²) in [6, 6.07) is 3.45. The van der Waals surface area contributed by atoms with Gasteiger partial charge in [0.2, 0.25) is 5.88 Å². The highest BCUT2D eigenvalue weighted by Gasteiger charge is 2.19. The first-order chi connectivity index (χ1) is 11.0. The van der Waals surface area contributed by atoms with E-state index < -0.39 is 5.97 Å². The Balaban J connectivity index is 2.49. The Kier molecular flexibility index (Phi) is 5.17. The number of carbonyl (C=O) groups excluding carboxylic acids is 1. The first-order valence-corrected chi connectivity index (χ1v) is 6.99. The number of methoxy groups -OCH3 is 2. The molecule has 23 heavy (non-hydrogen) atoms. The number of pyridine rings is 1. The summed E-state index contributed by atoms with van der Waals surface area (Å²) in [5.41, 5.74) is 1.35. The molecule has 0 spiro atoms. The van der Waals surface area contributed by atoms with Gasteiger partial charge in [-0.3, -0.25) is 0 Å². The Labute approximate surface area is 138 Å². The second-order valence-corrected chi connectivity index (χ2v) is 4.82. The summed E-state index contributed by atoms with van der Waals surface area (Å²) >= 11 is 5.98. The first-order valence-electron chi connectivity index (χ1n) is 6.61. The summed E-state index contributed by atoms with van der Waals surface area (Å²) in [5, 5.41) is 5.89. The van der Waals surface area contributed by atoms with E-state index in [2.05, 4.69) is 25.6 Å². The quantitative estimate of drug-likeness (QED) is 0.803. The molecule has 0 unspecified atom stereocenters. The molecule has 8 nitrogen and oxygen atoms in total. The molecule has 0 saturated carbocycles. The zero-order valence-corrected chi connectivity index (χ0v) is 13.9. The highest BCUT2D eigenvalue weighted by Crippen LogP contribution is 2.26. The molecule has 2 rings (SSSR count). The number of nitrogens with one attached hydrogen (secondary N) is 2. The van der Waals surface area contributed by atoms with Crippen LogP contribution in [0.15, 0.2) is 12.1 Å². The molecule has 9 heteroatoms. The number of esters is 1. The van der Waals surface area contributed by atoms with Crippen LogP contribution >= 0.6 is 11.6 Å². The van der Waals surface area contributed by atoms with Crippen LogP contribution in [0, 0.1) is 6.92 Å². The standard InChI is InChI=1S/C14H16ClN5O3/c1-7-5-8(6-9(17-7)22-3)18-12-10(14(21)23-4)19-11(15)13(16-2)20-12/h5-6H,1-4H3,(H2,16,17,18,20). The number of hydrogen-bond acceptors (Lipinski definition) is 8. The van der Waals surface area contributed by atoms with Crippen molar-refractivity contribution < 1.29 is 14.3 Å². The summed E-state index contributed by atoms with van der Waals surface area (Å²) in [4.78, 5) is 24.4. The van der Waals surface area contributed by atoms with E-state index in [1.165, 1.54) is 14.2 Å². The maximum absolute atomic E-state index is 11.9. The molecule has 0 saturated heterocycles. The molecule has 2 heterocycles. The van der Waals surface area contributed by atoms with Gasteiger partial charge in [-0.25, -0.2) is 19.7 Å². The van der Waals surface area contributed by atoms with Gasteiger partial charge >= 0.3 is 5.97 Å². The third-order valence-corrected chi connectivity index (χ3v) is 3.13. The maximum atomic E-state index is 11.9. The van der Waals surface area contributed by atoms with Crippen LogP contribution in [0.4, 0.5) is 17.3 Å². The predicted molar refractivity (Wildman–Crippen MR) is 86.7 cm³/mol. The van der Waals surface area contributed by atoms with Crippen LogP contribution in [0.1, 0.15) is 16.2 Å². The molecular weight excluding hydrogens is 322 g/mol. The van der Waals surface area contributed by atoms with Crippen molar-refractivity contribution in [3.8, 4) is 5.88 Å². The number of ether oxygens (including phenoxy) is 2. The van der Waals surface area contributed by atoms with Crippen LogP contribution < -0.4 is 15.4 Å². The Morgan fingerprint density at radius 2 is 1.91 bits per heavy atom. The molecule has 0 atom stereocenters. The number of aromatic nitrogens is 3. The van der Waals surface area contributed by atoms with E-state index in [-0.39, 0.29) is 16.7 Å². The minimum Gasteiger partial charge on any atom is -0.481 e. The van der Waals surface area contributed by atoms with Gasteiger partial charge in [-0.15, -0.1) is 0 Å². The number of anilines is 3. The minimum atomic E-state index is -0.651. The molecule has 0 aliphatic rings. The van der Waals surface area contributed by atoms with Gasteiger partial charge in [-0.05, 0) is 13.0 Å². The Bertz CT molecular complexity index is 739. The lowest BCUT2D eigenvalue weighted by Gasteiger charge is -2.13. The van der Waals surface area contributed by atoms with E-state index in [4.69, 9.17) is 21.1 Å². The second kappa shape index (κ2) is 7.10. The van der Waals surface area contributed by atoms with Gasteiger partial charge in [-0.2, -0.15) is 0 Å². The van der Waals surface area contributed by atoms with E-state index in [9.17, 15) is 4.79 Å². The topological polar surface area (TPSA) is 98.3 Å². The summed E-state index contributed by atoms with van der Waals surface area (Å²) in [5.74, 6) is 0.322. The molecule has 0 fully saturated rings. The molecule has 0 bridgehead atoms. The smallest absolute Gasteiger partial charge is 0.360 e. The van der Waals surface area contributed by atoms with Crippen LogP contribution in [0.3, 0.4) is 0 Å². The average molecular weight is 338 g/mol. The van der Waals surface area contributed by atoms with Gasteiger partial charge in [0.25, 0.3) is 0 Å². The number of carbonyl (C=O) groups is 1. The van der Waals surface area contributed by atoms with Crippen LogP contribution in [0.25, 0.3) is 0 Å². The number of nitrogens with zero attached hydrogens (tertiary/aromatic N) is 3. The van der Waals surface area contributed by atoms with Crippen molar-refractivity contribution in [2.24, 2.45) is 0 Å². The summed E-state index contributed by atoms with van der Waals surface area (Å²) < 4.78 is 9.84. The van der Waals surface area contributed by atoms with Gasteiger partial charge < -0.3 is 20.1 Å². The zero-order chi connectivity index (χ0) is 17.0. The first kappa shape index (κ1) is 16.8. The largest absolute Gasteiger partial charge is 0.481 e. The van der Waals surface area contributed by atoms with Gasteiger partial charge in [0.1, 0.15) is 0 Å². The van der Waals surface area contributed by atoms with Gasteiger partial charge in [0.15, 0.2) is 22.5 Å². The van der Waals surface area contributed by atoms with Crippen molar-refractivity contribution in [2.45, 2.75) is 6.92 Å². The molecular formula is C14H16ClN5O3. The van der Waals surface area contributed by atoms with E-state index in [1.54, 1.807) is 19.2 Å². The molecule has 0 aliphatic carbocycles. The highest BCUT2D eigenvalue weighted by molar-refractivity contribution is 6.32. The van der Waals surface area contributed by atoms with Crippen molar-refractivity contribution >= 4 is 34.9 Å². The van der Waals surface area contributed by atoms with Gasteiger partial charge in [-0.1, -0.05) is 11.6 Å². The summed E-state index contributed by atoms with van der Waals surface area (Å²) in [7, 11) is 4.43. The monoisotopic (exact) mass is 337 g/mol. The minimum absolute atomic E-state index is 0.0232. The van der Waals surface area contributed by atoms with Crippen LogP contribution in [-0.2, 0) is 4.74 Å². The number of hydrogen-bond donors (Lipinski definition) is 2. The van der Waals surface area contributed by atoms with Gasteiger partial charge in [0, 0.05) is 24.5 Å². The zero-order valence-electron chi connectivity index (χ0n) is 13.1. The van der Waals surface area contributed by atoms with E-state index in [0.29, 0.717) is 17.4 Å². The lowest BCUT2D eigenvalue weighted by Crippen LogP contribution is -2.12. The number of aryl methyl sites for hydroxylation is 1. The highest BCUT2D eigenvalue weighted by atomic mass is 35.5. The van der Waals surface area contributed by atoms with Crippen molar-refractivity contribution in [3.63, 3.8) is 0 Å². The Morgan fingerprint density at radius 1 is 1.17 bits per heavy atom. The molecule has 2 N–H and O–H groups in total. The van der Waals surface area contributed by atoms with Crippen LogP contribution in [-0.4, -0.2) is 42.2 Å². The van der Waals surface area contributed by atoms with E-state index >= 15 is 0 Å². The predicted octanol–water partition coefficient (Wildman–Crippen LogP) is 2.41. The Hall–Kier alpha value is -2.61. The van der Waals surface area contributed by atoms with Crippen molar-refractivity contribution in [2.75, 3.05) is 31.9 Å². The van der Waals surface area contributed by atoms with E-state index in [0.717, 1.165) is 5.69 Å². The van der Waals surface area contributed by atoms with Crippen molar-refractivity contribution in [1.29, 1.82) is 0 Å². The number of rotatable bonds is 5. The molecule has 2 aromatic heterocycles. The second-order valence-electron chi connectivity index (χ2n) is 4.47. The SMILES string of the molecule is CNc1nc(Nc2cc(C)nc(OC)c2)c(C(=O)OC)nc1Cl. The van der Waals surface area contributed by atoms with Crippen molar-refractivity contribution in [3.05, 3.63) is 28.7 Å². The fourth-order valence-electron chi connectivity index (χ4n) is 1.85. The molecule has 0 amide bonds. The maximum Gasteiger partial charge on any atom is 0.360 e. The van der Waals surface area contributed by atoms with E-state index in [1.807, 2.05) is 6.92 Å². The summed E-state index contributed by atoms with van der Waals surface area (Å²) in [6.45, 7) is 1.82. The van der Waals surface area contributed by atoms with Crippen molar-refractivity contribution in [1.82, 2.24) is 15.0 Å². The van der Waals surface area contributed by atoms with Crippen LogP contribution in [0.2, 0.25) is 5.15 Å². The third-order valence-electron chi connectivity index (χ3n) is 2.87. The normalized spacial score (nSPS) is 10.1. The molecule has 0 aromatic carbocycles. The molecule has 0 aliphatic heterocycles. The Morgan fingerprint density at radius 3 is 2.52 bits per heavy atom. The fraction of sp³-hybridized carbons (Fsp3) is 0.286. The molecule has 0 radical (unpaired) electrons. The van der Waals surface area contributed by atoms with Crippen LogP contribution in [0.5, 0.6) is 5.88 Å².